The van der Waals surface area contributed by atoms with Gasteiger partial charge in [-0.2, -0.15) is 0 Å². The number of benzene rings is 1. The van der Waals surface area contributed by atoms with Gasteiger partial charge < -0.3 is 9.73 Å². The van der Waals surface area contributed by atoms with Crippen molar-refractivity contribution in [2.45, 2.75) is 12.8 Å². The van der Waals surface area contributed by atoms with Crippen LogP contribution in [0.5, 0.6) is 0 Å². The zero-order valence-electron chi connectivity index (χ0n) is 9.40. The van der Waals surface area contributed by atoms with Gasteiger partial charge in [0, 0.05) is 24.7 Å². The molecule has 1 aromatic carbocycles. The standard InChI is InChI=1S/C12H12N2O3/c1-14-9-5-4-8(6-10(9)17-12(14)16)13-11(15)7-2-3-7/h4-7H,2-3H2,1H3,(H,13,15). The van der Waals surface area contributed by atoms with Gasteiger partial charge in [0.05, 0.1) is 5.52 Å². The van der Waals surface area contributed by atoms with Crippen LogP contribution in [0, 0.1) is 5.92 Å². The van der Waals surface area contributed by atoms with Gasteiger partial charge in [-0.1, -0.05) is 0 Å². The lowest BCUT2D eigenvalue weighted by Crippen LogP contribution is -2.13. The number of carbonyl (C=O) groups is 1. The number of aromatic nitrogens is 1. The molecule has 5 heteroatoms. The maximum absolute atomic E-state index is 11.6. The fourth-order valence-electron chi connectivity index (χ4n) is 1.80. The highest BCUT2D eigenvalue weighted by Crippen LogP contribution is 2.30. The Morgan fingerprint density at radius 1 is 1.47 bits per heavy atom. The van der Waals surface area contributed by atoms with Gasteiger partial charge in [-0.25, -0.2) is 4.79 Å². The van der Waals surface area contributed by atoms with Crippen LogP contribution >= 0.6 is 0 Å². The quantitative estimate of drug-likeness (QED) is 0.852. The molecule has 0 unspecified atom stereocenters. The Bertz CT molecular complexity index is 649. The lowest BCUT2D eigenvalue weighted by atomic mass is 10.2. The third-order valence-electron chi connectivity index (χ3n) is 3.01. The topological polar surface area (TPSA) is 64.2 Å². The first-order valence-electron chi connectivity index (χ1n) is 5.55. The highest BCUT2D eigenvalue weighted by atomic mass is 16.4. The summed E-state index contributed by atoms with van der Waals surface area (Å²) in [5.41, 5.74) is 1.88. The Morgan fingerprint density at radius 2 is 2.24 bits per heavy atom. The first kappa shape index (κ1) is 10.1. The normalized spacial score (nSPS) is 15.1. The summed E-state index contributed by atoms with van der Waals surface area (Å²) in [7, 11) is 1.65. The molecule has 1 aliphatic carbocycles. The van der Waals surface area contributed by atoms with Crippen LogP contribution < -0.4 is 11.1 Å². The first-order chi connectivity index (χ1) is 8.15. The van der Waals surface area contributed by atoms with Crippen LogP contribution in [0.3, 0.4) is 0 Å². The molecular weight excluding hydrogens is 220 g/mol. The molecule has 88 valence electrons. The van der Waals surface area contributed by atoms with E-state index >= 15 is 0 Å². The number of carbonyl (C=O) groups excluding carboxylic acids is 1. The number of anilines is 1. The minimum Gasteiger partial charge on any atom is -0.408 e. The van der Waals surface area contributed by atoms with Crippen molar-refractivity contribution >= 4 is 22.7 Å². The Balaban J connectivity index is 1.95. The highest BCUT2D eigenvalue weighted by molar-refractivity contribution is 5.95. The average molecular weight is 232 g/mol. The molecular formula is C12H12N2O3. The molecule has 1 fully saturated rings. The lowest BCUT2D eigenvalue weighted by molar-refractivity contribution is -0.117. The molecule has 0 spiro atoms. The molecule has 1 aromatic heterocycles. The van der Waals surface area contributed by atoms with Crippen molar-refractivity contribution in [2.24, 2.45) is 13.0 Å². The van der Waals surface area contributed by atoms with Gasteiger partial charge in [0.2, 0.25) is 5.91 Å². The number of hydrogen-bond donors (Lipinski definition) is 1. The van der Waals surface area contributed by atoms with Gasteiger partial charge in [0.25, 0.3) is 0 Å². The third-order valence-corrected chi connectivity index (χ3v) is 3.01. The smallest absolute Gasteiger partial charge is 0.408 e. The van der Waals surface area contributed by atoms with E-state index in [4.69, 9.17) is 4.42 Å². The molecule has 3 rings (SSSR count). The van der Waals surface area contributed by atoms with E-state index in [1.165, 1.54) is 4.57 Å². The zero-order chi connectivity index (χ0) is 12.0. The molecule has 1 saturated carbocycles. The molecule has 0 aliphatic heterocycles. The molecule has 0 bridgehead atoms. The van der Waals surface area contributed by atoms with Crippen molar-refractivity contribution in [1.29, 1.82) is 0 Å². The number of nitrogens with one attached hydrogen (secondary N) is 1. The highest BCUT2D eigenvalue weighted by Gasteiger charge is 2.29. The van der Waals surface area contributed by atoms with E-state index in [0.29, 0.717) is 11.3 Å². The minimum absolute atomic E-state index is 0.0441. The van der Waals surface area contributed by atoms with Gasteiger partial charge in [-0.3, -0.25) is 9.36 Å². The molecule has 0 radical (unpaired) electrons. The minimum atomic E-state index is -0.398. The molecule has 1 aliphatic rings. The van der Waals surface area contributed by atoms with Crippen LogP contribution in [0.1, 0.15) is 12.8 Å². The third kappa shape index (κ3) is 1.73. The number of amides is 1. The summed E-state index contributed by atoms with van der Waals surface area (Å²) in [6, 6.07) is 5.22. The van der Waals surface area contributed by atoms with E-state index in [0.717, 1.165) is 18.4 Å². The van der Waals surface area contributed by atoms with E-state index in [1.54, 1.807) is 25.2 Å². The second-order valence-corrected chi connectivity index (χ2v) is 4.37. The zero-order valence-corrected chi connectivity index (χ0v) is 9.40. The molecule has 2 aromatic rings. The van der Waals surface area contributed by atoms with Crippen molar-refractivity contribution < 1.29 is 9.21 Å². The van der Waals surface area contributed by atoms with Crippen molar-refractivity contribution in [1.82, 2.24) is 4.57 Å². The Labute approximate surface area is 97.0 Å². The maximum Gasteiger partial charge on any atom is 0.419 e. The van der Waals surface area contributed by atoms with Crippen molar-refractivity contribution in [2.75, 3.05) is 5.32 Å². The molecule has 0 saturated heterocycles. The van der Waals surface area contributed by atoms with Crippen LogP contribution in [0.2, 0.25) is 0 Å². The summed E-state index contributed by atoms with van der Waals surface area (Å²) in [6.45, 7) is 0. The lowest BCUT2D eigenvalue weighted by Gasteiger charge is -2.03. The van der Waals surface area contributed by atoms with E-state index in [9.17, 15) is 9.59 Å². The maximum atomic E-state index is 11.6. The predicted molar refractivity (Wildman–Crippen MR) is 62.8 cm³/mol. The van der Waals surface area contributed by atoms with E-state index < -0.39 is 5.76 Å². The van der Waals surface area contributed by atoms with Crippen LogP contribution in [-0.2, 0) is 11.8 Å². The van der Waals surface area contributed by atoms with Crippen LogP contribution in [0.15, 0.2) is 27.4 Å². The SMILES string of the molecule is Cn1c(=O)oc2cc(NC(=O)C3CC3)ccc21. The Kier molecular flexibility index (Phi) is 2.07. The number of rotatable bonds is 2. The molecule has 1 N–H and O–H groups in total. The number of aryl methyl sites for hydroxylation is 1. The van der Waals surface area contributed by atoms with Crippen LogP contribution in [0.25, 0.3) is 11.1 Å². The van der Waals surface area contributed by atoms with E-state index in [2.05, 4.69) is 5.32 Å². The second kappa shape index (κ2) is 3.48. The number of nitrogens with zero attached hydrogens (tertiary/aromatic N) is 1. The predicted octanol–water partition coefficient (Wildman–Crippen LogP) is 1.48. The Hall–Kier alpha value is -2.04. The number of hydrogen-bond acceptors (Lipinski definition) is 3. The van der Waals surface area contributed by atoms with Crippen molar-refractivity contribution in [3.63, 3.8) is 0 Å². The Morgan fingerprint density at radius 3 is 2.94 bits per heavy atom. The fourth-order valence-corrected chi connectivity index (χ4v) is 1.80. The molecule has 17 heavy (non-hydrogen) atoms. The van der Waals surface area contributed by atoms with Crippen molar-refractivity contribution in [3.05, 3.63) is 28.7 Å². The van der Waals surface area contributed by atoms with Gasteiger partial charge in [0.1, 0.15) is 0 Å². The summed E-state index contributed by atoms with van der Waals surface area (Å²) in [6.07, 6.45) is 1.93. The van der Waals surface area contributed by atoms with Crippen LogP contribution in [0.4, 0.5) is 5.69 Å². The van der Waals surface area contributed by atoms with Gasteiger partial charge >= 0.3 is 5.76 Å². The van der Waals surface area contributed by atoms with Gasteiger partial charge in [-0.05, 0) is 25.0 Å². The van der Waals surface area contributed by atoms with Crippen LogP contribution in [-0.4, -0.2) is 10.5 Å². The molecule has 0 atom stereocenters. The van der Waals surface area contributed by atoms with E-state index in [1.807, 2.05) is 0 Å². The summed E-state index contributed by atoms with van der Waals surface area (Å²) in [5, 5.41) is 2.81. The van der Waals surface area contributed by atoms with E-state index in [-0.39, 0.29) is 11.8 Å². The first-order valence-corrected chi connectivity index (χ1v) is 5.55. The molecule has 1 amide bonds. The molecule has 5 nitrogen and oxygen atoms in total. The summed E-state index contributed by atoms with van der Waals surface area (Å²) in [5.74, 6) is -0.193. The average Bonchev–Trinajstić information content (AvgIpc) is 3.08. The van der Waals surface area contributed by atoms with Crippen molar-refractivity contribution in [3.8, 4) is 0 Å². The number of fused-ring (bicyclic) bond motifs is 1. The summed E-state index contributed by atoms with van der Waals surface area (Å²) in [4.78, 5) is 22.9. The number of oxazole rings is 1. The molecule has 1 heterocycles. The monoisotopic (exact) mass is 232 g/mol. The summed E-state index contributed by atoms with van der Waals surface area (Å²) >= 11 is 0. The second-order valence-electron chi connectivity index (χ2n) is 4.37. The van der Waals surface area contributed by atoms with Gasteiger partial charge in [0.15, 0.2) is 5.58 Å². The van der Waals surface area contributed by atoms with Gasteiger partial charge in [-0.15, -0.1) is 0 Å². The fraction of sp³-hybridized carbons (Fsp3) is 0.333. The largest absolute Gasteiger partial charge is 0.419 e. The summed E-state index contributed by atoms with van der Waals surface area (Å²) < 4.78 is 6.49.